The quantitative estimate of drug-likeness (QED) is 0.520. The molecule has 0 fully saturated rings. The van der Waals surface area contributed by atoms with E-state index in [0.29, 0.717) is 15.8 Å². The SMILES string of the molecule is COc1ccc(C(=O)NNC(=S)NC(=O)c2ccccc2F)cc1Br. The number of carbonyl (C=O) groups excluding carboxylic acids is 2. The Balaban J connectivity index is 1.91. The second-order valence-corrected chi connectivity index (χ2v) is 5.95. The van der Waals surface area contributed by atoms with E-state index in [4.69, 9.17) is 17.0 Å². The summed E-state index contributed by atoms with van der Waals surface area (Å²) < 4.78 is 19.2. The number of methoxy groups -OCH3 is 1. The van der Waals surface area contributed by atoms with Gasteiger partial charge in [-0.05, 0) is 58.5 Å². The summed E-state index contributed by atoms with van der Waals surface area (Å²) >= 11 is 8.18. The molecule has 0 aliphatic rings. The van der Waals surface area contributed by atoms with Gasteiger partial charge in [-0.25, -0.2) is 4.39 Å². The molecule has 2 aromatic carbocycles. The average Bonchev–Trinajstić information content (AvgIpc) is 2.59. The van der Waals surface area contributed by atoms with Crippen molar-refractivity contribution < 1.29 is 18.7 Å². The Kier molecular flexibility index (Phi) is 6.43. The van der Waals surface area contributed by atoms with Crippen LogP contribution in [0.25, 0.3) is 0 Å². The highest BCUT2D eigenvalue weighted by molar-refractivity contribution is 9.10. The van der Waals surface area contributed by atoms with Crippen molar-refractivity contribution in [2.24, 2.45) is 0 Å². The zero-order valence-electron chi connectivity index (χ0n) is 12.9. The number of hydrazine groups is 1. The number of nitrogens with one attached hydrogen (secondary N) is 3. The van der Waals surface area contributed by atoms with Crippen LogP contribution in [0.2, 0.25) is 0 Å². The maximum Gasteiger partial charge on any atom is 0.269 e. The number of hydrogen-bond acceptors (Lipinski definition) is 4. The predicted molar refractivity (Wildman–Crippen MR) is 97.8 cm³/mol. The third kappa shape index (κ3) is 4.97. The van der Waals surface area contributed by atoms with Crippen LogP contribution in [-0.2, 0) is 0 Å². The molecule has 0 atom stereocenters. The van der Waals surface area contributed by atoms with Crippen LogP contribution in [0.4, 0.5) is 4.39 Å². The van der Waals surface area contributed by atoms with E-state index in [-0.39, 0.29) is 10.7 Å². The molecule has 0 saturated carbocycles. The second kappa shape index (κ2) is 8.54. The van der Waals surface area contributed by atoms with Crippen molar-refractivity contribution in [3.05, 3.63) is 63.9 Å². The van der Waals surface area contributed by atoms with Crippen molar-refractivity contribution in [1.29, 1.82) is 0 Å². The van der Waals surface area contributed by atoms with Crippen LogP contribution in [-0.4, -0.2) is 24.0 Å². The first-order valence-corrected chi connectivity index (χ1v) is 8.12. The zero-order valence-corrected chi connectivity index (χ0v) is 15.3. The van der Waals surface area contributed by atoms with Crippen molar-refractivity contribution in [1.82, 2.24) is 16.2 Å². The fourth-order valence-corrected chi connectivity index (χ4v) is 2.52. The van der Waals surface area contributed by atoms with E-state index >= 15 is 0 Å². The minimum Gasteiger partial charge on any atom is -0.496 e. The first kappa shape index (κ1) is 18.8. The number of amides is 2. The van der Waals surface area contributed by atoms with Crippen LogP contribution >= 0.6 is 28.1 Å². The van der Waals surface area contributed by atoms with Gasteiger partial charge in [0.05, 0.1) is 17.1 Å². The fourth-order valence-electron chi connectivity index (χ4n) is 1.84. The molecule has 0 radical (unpaired) electrons. The maximum absolute atomic E-state index is 13.5. The Hall–Kier alpha value is -2.52. The highest BCUT2D eigenvalue weighted by Crippen LogP contribution is 2.25. The van der Waals surface area contributed by atoms with Crippen LogP contribution in [0.5, 0.6) is 5.75 Å². The van der Waals surface area contributed by atoms with Gasteiger partial charge in [-0.2, -0.15) is 0 Å². The molecule has 0 aliphatic carbocycles. The standard InChI is InChI=1S/C16H13BrFN3O3S/c1-24-13-7-6-9(8-11(13)17)14(22)20-21-16(25)19-15(23)10-4-2-3-5-12(10)18/h2-8H,1H3,(H,20,22)(H2,19,21,23,25). The average molecular weight is 426 g/mol. The molecule has 3 N–H and O–H groups in total. The summed E-state index contributed by atoms with van der Waals surface area (Å²) in [5.74, 6) is -1.30. The number of halogens is 2. The van der Waals surface area contributed by atoms with Gasteiger partial charge in [0, 0.05) is 5.56 Å². The highest BCUT2D eigenvalue weighted by atomic mass is 79.9. The van der Waals surface area contributed by atoms with Crippen molar-refractivity contribution in [3.8, 4) is 5.75 Å². The van der Waals surface area contributed by atoms with Crippen LogP contribution in [0.15, 0.2) is 46.9 Å². The van der Waals surface area contributed by atoms with E-state index in [9.17, 15) is 14.0 Å². The lowest BCUT2D eigenvalue weighted by Gasteiger charge is -2.11. The summed E-state index contributed by atoms with van der Waals surface area (Å²) in [4.78, 5) is 23.9. The molecule has 0 spiro atoms. The van der Waals surface area contributed by atoms with E-state index in [1.807, 2.05) is 0 Å². The minimum absolute atomic E-state index is 0.155. The van der Waals surface area contributed by atoms with Crippen molar-refractivity contribution in [2.75, 3.05) is 7.11 Å². The lowest BCUT2D eigenvalue weighted by molar-refractivity contribution is 0.0933. The van der Waals surface area contributed by atoms with Crippen LogP contribution in [0.3, 0.4) is 0 Å². The lowest BCUT2D eigenvalue weighted by atomic mass is 10.2. The summed E-state index contributed by atoms with van der Waals surface area (Å²) in [6.45, 7) is 0. The Labute approximate surface area is 156 Å². The summed E-state index contributed by atoms with van der Waals surface area (Å²) in [6.07, 6.45) is 0. The molecule has 130 valence electrons. The van der Waals surface area contributed by atoms with Gasteiger partial charge in [0.2, 0.25) is 0 Å². The van der Waals surface area contributed by atoms with E-state index < -0.39 is 17.6 Å². The number of benzene rings is 2. The number of carbonyl (C=O) groups is 2. The molecule has 2 amide bonds. The van der Waals surface area contributed by atoms with E-state index in [1.54, 1.807) is 18.2 Å². The van der Waals surface area contributed by atoms with Gasteiger partial charge in [-0.15, -0.1) is 0 Å². The Morgan fingerprint density at radius 3 is 2.48 bits per heavy atom. The lowest BCUT2D eigenvalue weighted by Crippen LogP contribution is -2.48. The molecule has 0 unspecified atom stereocenters. The number of thiocarbonyl (C=S) groups is 1. The summed E-state index contributed by atoms with van der Waals surface area (Å²) in [7, 11) is 1.51. The van der Waals surface area contributed by atoms with E-state index in [0.717, 1.165) is 6.07 Å². The van der Waals surface area contributed by atoms with Crippen LogP contribution < -0.4 is 20.9 Å². The molecule has 2 aromatic rings. The van der Waals surface area contributed by atoms with Crippen molar-refractivity contribution >= 4 is 45.1 Å². The zero-order chi connectivity index (χ0) is 18.4. The van der Waals surface area contributed by atoms with Gasteiger partial charge in [-0.3, -0.25) is 25.8 Å². The fraction of sp³-hybridized carbons (Fsp3) is 0.0625. The molecule has 0 aromatic heterocycles. The van der Waals surface area contributed by atoms with Gasteiger partial charge in [0.15, 0.2) is 5.11 Å². The Bertz CT molecular complexity index is 832. The predicted octanol–water partition coefficient (Wildman–Crippen LogP) is 2.55. The number of ether oxygens (including phenoxy) is 1. The normalized spacial score (nSPS) is 9.88. The van der Waals surface area contributed by atoms with Crippen LogP contribution in [0, 0.1) is 5.82 Å². The van der Waals surface area contributed by atoms with E-state index in [1.165, 1.54) is 25.3 Å². The molecular weight excluding hydrogens is 413 g/mol. The number of hydrogen-bond donors (Lipinski definition) is 3. The van der Waals surface area contributed by atoms with Gasteiger partial charge < -0.3 is 4.74 Å². The van der Waals surface area contributed by atoms with Crippen molar-refractivity contribution in [2.45, 2.75) is 0 Å². The smallest absolute Gasteiger partial charge is 0.269 e. The Morgan fingerprint density at radius 1 is 1.12 bits per heavy atom. The molecule has 0 saturated heterocycles. The summed E-state index contributed by atoms with van der Waals surface area (Å²) in [5.41, 5.74) is 4.90. The molecule has 6 nitrogen and oxygen atoms in total. The van der Waals surface area contributed by atoms with Crippen molar-refractivity contribution in [3.63, 3.8) is 0 Å². The first-order chi connectivity index (χ1) is 11.9. The third-order valence-electron chi connectivity index (χ3n) is 3.05. The molecule has 9 heteroatoms. The van der Waals surface area contributed by atoms with Gasteiger partial charge >= 0.3 is 0 Å². The molecule has 25 heavy (non-hydrogen) atoms. The van der Waals surface area contributed by atoms with Gasteiger partial charge in [0.25, 0.3) is 11.8 Å². The Morgan fingerprint density at radius 2 is 1.84 bits per heavy atom. The topological polar surface area (TPSA) is 79.5 Å². The summed E-state index contributed by atoms with van der Waals surface area (Å²) in [6, 6.07) is 10.2. The van der Waals surface area contributed by atoms with Gasteiger partial charge in [0.1, 0.15) is 11.6 Å². The minimum atomic E-state index is -0.725. The second-order valence-electron chi connectivity index (χ2n) is 4.69. The largest absolute Gasteiger partial charge is 0.496 e. The molecule has 0 bridgehead atoms. The monoisotopic (exact) mass is 425 g/mol. The molecule has 2 rings (SSSR count). The van der Waals surface area contributed by atoms with E-state index in [2.05, 4.69) is 32.1 Å². The van der Waals surface area contributed by atoms with Gasteiger partial charge in [-0.1, -0.05) is 12.1 Å². The summed E-state index contributed by atoms with van der Waals surface area (Å²) in [5, 5.41) is 2.10. The molecule has 0 heterocycles. The number of rotatable bonds is 3. The first-order valence-electron chi connectivity index (χ1n) is 6.92. The third-order valence-corrected chi connectivity index (χ3v) is 3.87. The maximum atomic E-state index is 13.5. The highest BCUT2D eigenvalue weighted by Gasteiger charge is 2.13. The molecule has 0 aliphatic heterocycles. The molecular formula is C16H13BrFN3O3S. The van der Waals surface area contributed by atoms with Crippen LogP contribution in [0.1, 0.15) is 20.7 Å².